The molecule has 76 valence electrons. The Bertz CT molecular complexity index is 325. The largest absolute Gasteiger partial charge is 0.324 e. The van der Waals surface area contributed by atoms with Gasteiger partial charge in [0.1, 0.15) is 5.82 Å². The molecule has 1 rings (SSSR count). The highest BCUT2D eigenvalue weighted by Gasteiger charge is 2.12. The molecule has 0 saturated carbocycles. The molecule has 1 atom stereocenters. The summed E-state index contributed by atoms with van der Waals surface area (Å²) < 4.78 is 13.4. The maximum Gasteiger partial charge on any atom is 0.146 e. The van der Waals surface area contributed by atoms with E-state index in [0.717, 1.165) is 6.42 Å². The first-order valence-electron chi connectivity index (χ1n) is 4.47. The highest BCUT2D eigenvalue weighted by atomic mass is 35.5. The molecule has 0 aliphatic heterocycles. The van der Waals surface area contributed by atoms with Crippen molar-refractivity contribution in [1.82, 2.24) is 0 Å². The summed E-state index contributed by atoms with van der Waals surface area (Å²) in [5.41, 5.74) is 6.28. The molecule has 0 bridgehead atoms. The van der Waals surface area contributed by atoms with Crippen molar-refractivity contribution >= 4 is 11.6 Å². The lowest BCUT2D eigenvalue weighted by molar-refractivity contribution is 0.567. The van der Waals surface area contributed by atoms with Crippen LogP contribution in [0.3, 0.4) is 0 Å². The number of nitrogens with two attached hydrogens (primary N) is 1. The van der Waals surface area contributed by atoms with E-state index < -0.39 is 5.82 Å². The lowest BCUT2D eigenvalue weighted by Crippen LogP contribution is -2.11. The van der Waals surface area contributed by atoms with Gasteiger partial charge in [0.25, 0.3) is 0 Å². The number of hydrogen-bond donors (Lipinski definition) is 1. The van der Waals surface area contributed by atoms with Crippen molar-refractivity contribution in [1.29, 1.82) is 0 Å². The Morgan fingerprint density at radius 3 is 2.93 bits per heavy atom. The van der Waals surface area contributed by atoms with Gasteiger partial charge in [0, 0.05) is 11.6 Å². The summed E-state index contributed by atoms with van der Waals surface area (Å²) in [6, 6.07) is 4.57. The Labute approximate surface area is 88.4 Å². The summed E-state index contributed by atoms with van der Waals surface area (Å²) in [4.78, 5) is 0. The van der Waals surface area contributed by atoms with E-state index in [9.17, 15) is 4.39 Å². The molecule has 14 heavy (non-hydrogen) atoms. The molecule has 1 aromatic carbocycles. The zero-order valence-corrected chi connectivity index (χ0v) is 8.60. The van der Waals surface area contributed by atoms with Gasteiger partial charge >= 0.3 is 0 Å². The van der Waals surface area contributed by atoms with Gasteiger partial charge in [0.05, 0.1) is 5.02 Å². The third-order valence-corrected chi connectivity index (χ3v) is 2.35. The van der Waals surface area contributed by atoms with Crippen LogP contribution in [0.25, 0.3) is 0 Å². The minimum absolute atomic E-state index is 0.122. The minimum Gasteiger partial charge on any atom is -0.324 e. The maximum absolute atomic E-state index is 13.4. The standard InChI is InChI=1S/C11H13ClFN/c1-2-3-7-10(14)8-5-4-6-9(12)11(8)13/h2,4-6,10H,1,3,7,14H2/t10-/m1/s1. The molecule has 0 amide bonds. The second-order valence-corrected chi connectivity index (χ2v) is 3.52. The van der Waals surface area contributed by atoms with Crippen LogP contribution in [0.15, 0.2) is 30.9 Å². The highest BCUT2D eigenvalue weighted by molar-refractivity contribution is 6.30. The van der Waals surface area contributed by atoms with Crippen LogP contribution < -0.4 is 5.73 Å². The van der Waals surface area contributed by atoms with Crippen LogP contribution in [0.5, 0.6) is 0 Å². The molecular weight excluding hydrogens is 201 g/mol. The van der Waals surface area contributed by atoms with E-state index in [2.05, 4.69) is 6.58 Å². The predicted molar refractivity (Wildman–Crippen MR) is 57.8 cm³/mol. The van der Waals surface area contributed by atoms with Gasteiger partial charge in [0.2, 0.25) is 0 Å². The average molecular weight is 214 g/mol. The van der Waals surface area contributed by atoms with E-state index in [1.807, 2.05) is 0 Å². The minimum atomic E-state index is -0.411. The van der Waals surface area contributed by atoms with E-state index in [-0.39, 0.29) is 11.1 Å². The lowest BCUT2D eigenvalue weighted by Gasteiger charge is -2.12. The lowest BCUT2D eigenvalue weighted by atomic mass is 10.0. The molecule has 0 radical (unpaired) electrons. The summed E-state index contributed by atoms with van der Waals surface area (Å²) in [7, 11) is 0. The number of hydrogen-bond acceptors (Lipinski definition) is 1. The molecule has 1 nitrogen and oxygen atoms in total. The fraction of sp³-hybridized carbons (Fsp3) is 0.273. The fourth-order valence-electron chi connectivity index (χ4n) is 1.26. The summed E-state index contributed by atoms with van der Waals surface area (Å²) in [6.07, 6.45) is 3.22. The Morgan fingerprint density at radius 1 is 1.57 bits per heavy atom. The van der Waals surface area contributed by atoms with Crippen LogP contribution in [0.4, 0.5) is 4.39 Å². The monoisotopic (exact) mass is 213 g/mol. The van der Waals surface area contributed by atoms with Crippen LogP contribution in [-0.4, -0.2) is 0 Å². The predicted octanol–water partition coefficient (Wildman–Crippen LogP) is 3.45. The van der Waals surface area contributed by atoms with E-state index in [0.29, 0.717) is 12.0 Å². The maximum atomic E-state index is 13.4. The molecule has 1 aromatic rings. The quantitative estimate of drug-likeness (QED) is 0.762. The molecule has 0 unspecified atom stereocenters. The average Bonchev–Trinajstić information content (AvgIpc) is 2.18. The highest BCUT2D eigenvalue weighted by Crippen LogP contribution is 2.24. The van der Waals surface area contributed by atoms with Crippen molar-refractivity contribution in [3.63, 3.8) is 0 Å². The number of rotatable bonds is 4. The Morgan fingerprint density at radius 2 is 2.29 bits per heavy atom. The Kier molecular flexibility index (Phi) is 4.11. The molecule has 0 saturated heterocycles. The summed E-state index contributed by atoms with van der Waals surface area (Å²) in [5, 5.41) is 0.122. The van der Waals surface area contributed by atoms with Crippen molar-refractivity contribution in [3.8, 4) is 0 Å². The molecule has 0 heterocycles. The molecule has 0 spiro atoms. The molecular formula is C11H13ClFN. The van der Waals surface area contributed by atoms with E-state index in [1.165, 1.54) is 6.07 Å². The molecule has 0 aromatic heterocycles. The van der Waals surface area contributed by atoms with E-state index in [4.69, 9.17) is 17.3 Å². The van der Waals surface area contributed by atoms with Crippen molar-refractivity contribution < 1.29 is 4.39 Å². The molecule has 0 aliphatic rings. The number of halogens is 2. The topological polar surface area (TPSA) is 26.0 Å². The van der Waals surface area contributed by atoms with E-state index >= 15 is 0 Å². The molecule has 0 aliphatic carbocycles. The van der Waals surface area contributed by atoms with Crippen molar-refractivity contribution in [2.24, 2.45) is 5.73 Å². The first-order valence-corrected chi connectivity index (χ1v) is 4.85. The van der Waals surface area contributed by atoms with Gasteiger partial charge in [-0.05, 0) is 18.9 Å². The molecule has 2 N–H and O–H groups in total. The van der Waals surface area contributed by atoms with Crippen molar-refractivity contribution in [2.45, 2.75) is 18.9 Å². The number of benzene rings is 1. The van der Waals surface area contributed by atoms with Crippen LogP contribution >= 0.6 is 11.6 Å². The first kappa shape index (κ1) is 11.2. The van der Waals surface area contributed by atoms with Gasteiger partial charge in [-0.3, -0.25) is 0 Å². The normalized spacial score (nSPS) is 12.5. The zero-order valence-electron chi connectivity index (χ0n) is 7.84. The van der Waals surface area contributed by atoms with Gasteiger partial charge in [-0.25, -0.2) is 4.39 Å². The van der Waals surface area contributed by atoms with E-state index in [1.54, 1.807) is 18.2 Å². The summed E-state index contributed by atoms with van der Waals surface area (Å²) >= 11 is 5.64. The SMILES string of the molecule is C=CCC[C@@H](N)c1cccc(Cl)c1F. The molecule has 3 heteroatoms. The van der Waals surface area contributed by atoms with Gasteiger partial charge < -0.3 is 5.73 Å². The van der Waals surface area contributed by atoms with Crippen LogP contribution in [0, 0.1) is 5.82 Å². The van der Waals surface area contributed by atoms with Crippen molar-refractivity contribution in [2.75, 3.05) is 0 Å². The smallest absolute Gasteiger partial charge is 0.146 e. The van der Waals surface area contributed by atoms with Crippen molar-refractivity contribution in [3.05, 3.63) is 47.3 Å². The fourth-order valence-corrected chi connectivity index (χ4v) is 1.44. The first-order chi connectivity index (χ1) is 6.66. The van der Waals surface area contributed by atoms with Crippen LogP contribution in [0.1, 0.15) is 24.4 Å². The summed E-state index contributed by atoms with van der Waals surface area (Å²) in [6.45, 7) is 3.59. The second kappa shape index (κ2) is 5.13. The zero-order chi connectivity index (χ0) is 10.6. The Hall–Kier alpha value is -0.860. The third kappa shape index (κ3) is 2.56. The number of allylic oxidation sites excluding steroid dienone is 1. The molecule has 0 fully saturated rings. The van der Waals surface area contributed by atoms with Crippen LogP contribution in [0.2, 0.25) is 5.02 Å². The van der Waals surface area contributed by atoms with Crippen LogP contribution in [-0.2, 0) is 0 Å². The van der Waals surface area contributed by atoms with Gasteiger partial charge in [-0.1, -0.05) is 29.8 Å². The second-order valence-electron chi connectivity index (χ2n) is 3.12. The van der Waals surface area contributed by atoms with Gasteiger partial charge in [-0.15, -0.1) is 6.58 Å². The van der Waals surface area contributed by atoms with Gasteiger partial charge in [-0.2, -0.15) is 0 Å². The third-order valence-electron chi connectivity index (χ3n) is 2.06. The summed E-state index contributed by atoms with van der Waals surface area (Å²) in [5.74, 6) is -0.411. The van der Waals surface area contributed by atoms with Gasteiger partial charge in [0.15, 0.2) is 0 Å². The Balaban J connectivity index is 2.83.